The minimum absolute atomic E-state index is 0.126. The number of allylic oxidation sites excluding steroid dienone is 8. The van der Waals surface area contributed by atoms with Crippen LogP contribution >= 0.6 is 11.6 Å². The Kier molecular flexibility index (Phi) is 4.45. The Bertz CT molecular complexity index is 813. The van der Waals surface area contributed by atoms with Crippen LogP contribution in [-0.4, -0.2) is 10.1 Å². The summed E-state index contributed by atoms with van der Waals surface area (Å²) in [7, 11) is 0. The van der Waals surface area contributed by atoms with Crippen LogP contribution in [0.5, 0.6) is 5.75 Å². The van der Waals surface area contributed by atoms with Crippen molar-refractivity contribution in [3.05, 3.63) is 95.1 Å². The highest BCUT2D eigenvalue weighted by molar-refractivity contribution is 6.31. The average molecular weight is 340 g/mol. The predicted octanol–water partition coefficient (Wildman–Crippen LogP) is 5.11. The molecule has 24 heavy (non-hydrogen) atoms. The molecule has 0 saturated heterocycles. The number of hydrogen-bond donors (Lipinski definition) is 1. The topological polar surface area (TPSA) is 42.4 Å². The first kappa shape index (κ1) is 16.3. The fourth-order valence-electron chi connectivity index (χ4n) is 2.72. The first-order chi connectivity index (χ1) is 11.4. The van der Waals surface area contributed by atoms with E-state index in [9.17, 15) is 5.11 Å². The lowest BCUT2D eigenvalue weighted by atomic mass is 9.82. The van der Waals surface area contributed by atoms with Crippen LogP contribution < -0.4 is 0 Å². The van der Waals surface area contributed by atoms with Crippen molar-refractivity contribution in [2.75, 3.05) is 0 Å². The van der Waals surface area contributed by atoms with Crippen molar-refractivity contribution in [2.24, 2.45) is 5.92 Å². The van der Waals surface area contributed by atoms with Crippen molar-refractivity contribution in [3.8, 4) is 5.75 Å². The predicted molar refractivity (Wildman–Crippen MR) is 96.4 cm³/mol. The quantitative estimate of drug-likeness (QED) is 0.775. The highest BCUT2D eigenvalue weighted by Crippen LogP contribution is 2.36. The van der Waals surface area contributed by atoms with E-state index in [1.807, 2.05) is 37.3 Å². The summed E-state index contributed by atoms with van der Waals surface area (Å²) in [6.45, 7) is 10.0. The molecule has 2 aliphatic carbocycles. The van der Waals surface area contributed by atoms with Gasteiger partial charge < -0.3 is 9.84 Å². The first-order valence-corrected chi connectivity index (χ1v) is 8.00. The van der Waals surface area contributed by atoms with Crippen molar-refractivity contribution in [3.63, 3.8) is 0 Å². The average Bonchev–Trinajstić information content (AvgIpc) is 2.54. The van der Waals surface area contributed by atoms with Gasteiger partial charge >= 0.3 is 0 Å². The van der Waals surface area contributed by atoms with E-state index in [-0.39, 0.29) is 17.8 Å². The number of aromatic hydroxyl groups is 1. The van der Waals surface area contributed by atoms with Crippen molar-refractivity contribution in [1.82, 2.24) is 4.98 Å². The van der Waals surface area contributed by atoms with Crippen molar-refractivity contribution in [1.29, 1.82) is 0 Å². The molecule has 3 nitrogen and oxygen atoms in total. The third kappa shape index (κ3) is 3.36. The lowest BCUT2D eigenvalue weighted by molar-refractivity contribution is 0.138. The summed E-state index contributed by atoms with van der Waals surface area (Å²) in [5.41, 5.74) is 3.63. The van der Waals surface area contributed by atoms with E-state index in [0.29, 0.717) is 10.8 Å². The van der Waals surface area contributed by atoms with Gasteiger partial charge in [-0.1, -0.05) is 30.8 Å². The maximum atomic E-state index is 9.32. The highest BCUT2D eigenvalue weighted by atomic mass is 35.5. The maximum Gasteiger partial charge on any atom is 0.138 e. The monoisotopic (exact) mass is 339 g/mol. The Labute approximate surface area is 146 Å². The molecule has 4 heteroatoms. The maximum absolute atomic E-state index is 9.32. The summed E-state index contributed by atoms with van der Waals surface area (Å²) in [4.78, 5) is 4.16. The Balaban J connectivity index is 1.77. The highest BCUT2D eigenvalue weighted by Gasteiger charge is 2.22. The van der Waals surface area contributed by atoms with Crippen LogP contribution in [0.1, 0.15) is 18.7 Å². The summed E-state index contributed by atoms with van der Waals surface area (Å²) >= 11 is 6.09. The second kappa shape index (κ2) is 6.54. The van der Waals surface area contributed by atoms with Crippen molar-refractivity contribution < 1.29 is 9.84 Å². The molecule has 1 aromatic heterocycles. The zero-order valence-corrected chi connectivity index (χ0v) is 14.1. The van der Waals surface area contributed by atoms with Gasteiger partial charge in [0.25, 0.3) is 0 Å². The molecule has 1 heterocycles. The fraction of sp³-hybridized carbons (Fsp3) is 0.150. The Morgan fingerprint density at radius 1 is 1.33 bits per heavy atom. The molecular weight excluding hydrogens is 322 g/mol. The van der Waals surface area contributed by atoms with Gasteiger partial charge in [0, 0.05) is 16.5 Å². The van der Waals surface area contributed by atoms with Gasteiger partial charge in [-0.15, -0.1) is 0 Å². The molecule has 1 N–H and O–H groups in total. The van der Waals surface area contributed by atoms with Gasteiger partial charge in [-0.3, -0.25) is 4.98 Å². The molecule has 0 fully saturated rings. The van der Waals surface area contributed by atoms with E-state index in [4.69, 9.17) is 16.3 Å². The summed E-state index contributed by atoms with van der Waals surface area (Å²) in [5.74, 6) is 0.824. The number of fused-ring (bicyclic) bond motifs is 1. The van der Waals surface area contributed by atoms with Crippen LogP contribution in [0.4, 0.5) is 0 Å². The standard InChI is InChI=1S/C20H18ClNO2/c1-12-8-15(9-16-10-17(21)4-6-19(12)16)13(2)24-14(3)20-7-5-18(23)11-22-20/h4-11,14,19,23H,1-2H2,3H3. The number of halogens is 1. The van der Waals surface area contributed by atoms with Gasteiger partial charge in [0.15, 0.2) is 0 Å². The van der Waals surface area contributed by atoms with E-state index < -0.39 is 0 Å². The molecule has 0 spiro atoms. The zero-order chi connectivity index (χ0) is 17.3. The molecule has 0 aromatic carbocycles. The smallest absolute Gasteiger partial charge is 0.138 e. The summed E-state index contributed by atoms with van der Waals surface area (Å²) in [5, 5.41) is 10.0. The van der Waals surface area contributed by atoms with E-state index in [1.165, 1.54) is 6.20 Å². The number of hydrogen-bond acceptors (Lipinski definition) is 3. The summed E-state index contributed by atoms with van der Waals surface area (Å²) < 4.78 is 5.91. The third-order valence-corrected chi connectivity index (χ3v) is 4.24. The van der Waals surface area contributed by atoms with Gasteiger partial charge in [0.1, 0.15) is 17.6 Å². The number of rotatable bonds is 4. The van der Waals surface area contributed by atoms with Gasteiger partial charge in [-0.2, -0.15) is 0 Å². The molecule has 0 bridgehead atoms. The van der Waals surface area contributed by atoms with Crippen LogP contribution in [0, 0.1) is 5.92 Å². The van der Waals surface area contributed by atoms with Crippen molar-refractivity contribution >= 4 is 11.6 Å². The lowest BCUT2D eigenvalue weighted by Crippen LogP contribution is -2.11. The summed E-state index contributed by atoms with van der Waals surface area (Å²) in [6, 6.07) is 3.31. The minimum atomic E-state index is -0.284. The van der Waals surface area contributed by atoms with E-state index >= 15 is 0 Å². The Morgan fingerprint density at radius 2 is 2.12 bits per heavy atom. The normalized spacial score (nSPS) is 20.5. The molecule has 0 aliphatic heterocycles. The second-order valence-corrected chi connectivity index (χ2v) is 6.25. The number of nitrogens with zero attached hydrogens (tertiary/aromatic N) is 1. The SMILES string of the molecule is C=C(OC(C)c1ccc(O)cn1)C1=CC(=C)C2C=CC(Cl)=CC2=C1. The van der Waals surface area contributed by atoms with Crippen LogP contribution in [-0.2, 0) is 4.74 Å². The van der Waals surface area contributed by atoms with Gasteiger partial charge in [-0.05, 0) is 54.5 Å². The van der Waals surface area contributed by atoms with Crippen LogP contribution in [0.25, 0.3) is 0 Å². The van der Waals surface area contributed by atoms with E-state index in [2.05, 4.69) is 18.1 Å². The fourth-order valence-corrected chi connectivity index (χ4v) is 2.92. The third-order valence-electron chi connectivity index (χ3n) is 4.00. The van der Waals surface area contributed by atoms with Crippen LogP contribution in [0.15, 0.2) is 89.4 Å². The van der Waals surface area contributed by atoms with Gasteiger partial charge in [0.2, 0.25) is 0 Å². The summed E-state index contributed by atoms with van der Waals surface area (Å²) in [6.07, 6.45) is 11.0. The minimum Gasteiger partial charge on any atom is -0.506 e. The molecule has 0 saturated carbocycles. The van der Waals surface area contributed by atoms with E-state index in [0.717, 1.165) is 22.4 Å². The molecule has 3 rings (SSSR count). The molecule has 2 unspecified atom stereocenters. The lowest BCUT2D eigenvalue weighted by Gasteiger charge is -2.25. The largest absolute Gasteiger partial charge is 0.506 e. The van der Waals surface area contributed by atoms with Crippen molar-refractivity contribution in [2.45, 2.75) is 13.0 Å². The Hall–Kier alpha value is -2.52. The molecule has 122 valence electrons. The molecule has 1 aromatic rings. The molecule has 0 amide bonds. The Morgan fingerprint density at radius 3 is 2.83 bits per heavy atom. The number of pyridine rings is 1. The zero-order valence-electron chi connectivity index (χ0n) is 13.4. The van der Waals surface area contributed by atoms with E-state index in [1.54, 1.807) is 12.1 Å². The molecule has 2 atom stereocenters. The number of aromatic nitrogens is 1. The van der Waals surface area contributed by atoms with Crippen LogP contribution in [0.3, 0.4) is 0 Å². The van der Waals surface area contributed by atoms with Gasteiger partial charge in [-0.25, -0.2) is 0 Å². The molecule has 0 radical (unpaired) electrons. The number of ether oxygens (including phenoxy) is 1. The van der Waals surface area contributed by atoms with Gasteiger partial charge in [0.05, 0.1) is 11.9 Å². The molecular formula is C20H18ClNO2. The first-order valence-electron chi connectivity index (χ1n) is 7.62. The molecule has 2 aliphatic rings. The second-order valence-electron chi connectivity index (χ2n) is 5.81. The van der Waals surface area contributed by atoms with Crippen LogP contribution in [0.2, 0.25) is 0 Å².